The summed E-state index contributed by atoms with van der Waals surface area (Å²) in [6.45, 7) is 2.59. The van der Waals surface area contributed by atoms with Crippen molar-refractivity contribution in [1.82, 2.24) is 20.2 Å². The molecular formula is C11H14N4O3. The Morgan fingerprint density at radius 2 is 2.44 bits per heavy atom. The molecule has 1 aromatic rings. The lowest BCUT2D eigenvalue weighted by Gasteiger charge is -2.21. The van der Waals surface area contributed by atoms with Crippen LogP contribution in [0.2, 0.25) is 0 Å². The normalized spacial score (nSPS) is 15.1. The number of esters is 1. The first-order valence-corrected chi connectivity index (χ1v) is 5.60. The van der Waals surface area contributed by atoms with Gasteiger partial charge in [0.05, 0.1) is 37.3 Å². The molecule has 0 radical (unpaired) electrons. The Kier molecular flexibility index (Phi) is 3.61. The number of carbonyl (C=O) groups is 2. The minimum Gasteiger partial charge on any atom is -0.463 e. The van der Waals surface area contributed by atoms with E-state index < -0.39 is 5.97 Å². The Morgan fingerprint density at radius 1 is 1.61 bits per heavy atom. The van der Waals surface area contributed by atoms with Gasteiger partial charge in [0.2, 0.25) is 0 Å². The first-order chi connectivity index (χ1) is 8.70. The van der Waals surface area contributed by atoms with Gasteiger partial charge in [-0.05, 0) is 6.92 Å². The smallest absolute Gasteiger partial charge is 0.337 e. The van der Waals surface area contributed by atoms with Crippen LogP contribution in [0.5, 0.6) is 0 Å². The number of aromatic nitrogens is 2. The van der Waals surface area contributed by atoms with Crippen LogP contribution in [-0.4, -0.2) is 34.7 Å². The van der Waals surface area contributed by atoms with Gasteiger partial charge >= 0.3 is 12.0 Å². The van der Waals surface area contributed by atoms with E-state index in [9.17, 15) is 9.59 Å². The SMILES string of the molecule is CCOC(=O)C1=C(Cn2ccnc2)NC(=O)NC1. The highest BCUT2D eigenvalue weighted by molar-refractivity contribution is 5.93. The molecule has 7 nitrogen and oxygen atoms in total. The molecular weight excluding hydrogens is 236 g/mol. The predicted molar refractivity (Wildman–Crippen MR) is 62.4 cm³/mol. The molecule has 2 rings (SSSR count). The molecule has 7 heteroatoms. The zero-order valence-corrected chi connectivity index (χ0v) is 9.97. The van der Waals surface area contributed by atoms with Gasteiger partial charge in [-0.2, -0.15) is 0 Å². The van der Waals surface area contributed by atoms with E-state index in [4.69, 9.17) is 4.74 Å². The molecule has 18 heavy (non-hydrogen) atoms. The Bertz CT molecular complexity index is 478. The van der Waals surface area contributed by atoms with Crippen LogP contribution in [0.15, 0.2) is 30.0 Å². The second-order valence-corrected chi connectivity index (χ2v) is 3.72. The van der Waals surface area contributed by atoms with Crippen molar-refractivity contribution in [2.45, 2.75) is 13.5 Å². The molecule has 1 aliphatic rings. The Balaban J connectivity index is 2.22. The number of imidazole rings is 1. The summed E-state index contributed by atoms with van der Waals surface area (Å²) in [6, 6.07) is -0.321. The van der Waals surface area contributed by atoms with Crippen LogP contribution in [0.25, 0.3) is 0 Å². The largest absolute Gasteiger partial charge is 0.463 e. The minimum atomic E-state index is -0.417. The molecule has 0 atom stereocenters. The van der Waals surface area contributed by atoms with Crippen LogP contribution in [0.3, 0.4) is 0 Å². The molecule has 0 aliphatic carbocycles. The molecule has 0 bridgehead atoms. The van der Waals surface area contributed by atoms with Crippen molar-refractivity contribution in [3.63, 3.8) is 0 Å². The van der Waals surface area contributed by atoms with E-state index in [1.807, 2.05) is 0 Å². The maximum Gasteiger partial charge on any atom is 0.337 e. The number of nitrogens with one attached hydrogen (secondary N) is 2. The maximum atomic E-state index is 11.7. The molecule has 2 amide bonds. The summed E-state index contributed by atoms with van der Waals surface area (Å²) in [5.74, 6) is -0.417. The van der Waals surface area contributed by atoms with Crippen LogP contribution in [0.1, 0.15) is 6.92 Å². The Labute approximate surface area is 104 Å². The predicted octanol–water partition coefficient (Wildman–Crippen LogP) is 0.0131. The highest BCUT2D eigenvalue weighted by Crippen LogP contribution is 2.10. The van der Waals surface area contributed by atoms with Crippen molar-refractivity contribution in [2.24, 2.45) is 0 Å². The zero-order valence-electron chi connectivity index (χ0n) is 9.97. The summed E-state index contributed by atoms with van der Waals surface area (Å²) in [6.07, 6.45) is 5.00. The summed E-state index contributed by atoms with van der Waals surface area (Å²) in [5, 5.41) is 5.17. The average molecular weight is 250 g/mol. The topological polar surface area (TPSA) is 85.2 Å². The fourth-order valence-electron chi connectivity index (χ4n) is 1.64. The third-order valence-electron chi connectivity index (χ3n) is 2.48. The fourth-order valence-corrected chi connectivity index (χ4v) is 1.64. The molecule has 2 heterocycles. The number of hydrogen-bond donors (Lipinski definition) is 2. The van der Waals surface area contributed by atoms with Crippen molar-refractivity contribution < 1.29 is 14.3 Å². The fraction of sp³-hybridized carbons (Fsp3) is 0.364. The molecule has 0 aromatic carbocycles. The van der Waals surface area contributed by atoms with Crippen LogP contribution >= 0.6 is 0 Å². The summed E-state index contributed by atoms with van der Waals surface area (Å²) in [5.41, 5.74) is 0.973. The van der Waals surface area contributed by atoms with Gasteiger partial charge in [0.1, 0.15) is 0 Å². The van der Waals surface area contributed by atoms with Crippen LogP contribution in [0.4, 0.5) is 4.79 Å². The molecule has 2 N–H and O–H groups in total. The lowest BCUT2D eigenvalue weighted by atomic mass is 10.1. The standard InChI is InChI=1S/C11H14N4O3/c1-2-18-10(16)8-5-13-11(17)14-9(8)6-15-4-3-12-7-15/h3-4,7H,2,5-6H2,1H3,(H2,13,14,17). The quantitative estimate of drug-likeness (QED) is 0.737. The highest BCUT2D eigenvalue weighted by atomic mass is 16.5. The number of urea groups is 1. The number of allylic oxidation sites excluding steroid dienone is 1. The first-order valence-electron chi connectivity index (χ1n) is 5.60. The van der Waals surface area contributed by atoms with Gasteiger partial charge in [-0.25, -0.2) is 14.6 Å². The van der Waals surface area contributed by atoms with E-state index >= 15 is 0 Å². The molecule has 1 aliphatic heterocycles. The van der Waals surface area contributed by atoms with Crippen LogP contribution in [-0.2, 0) is 16.1 Å². The van der Waals surface area contributed by atoms with Gasteiger partial charge in [0.15, 0.2) is 0 Å². The van der Waals surface area contributed by atoms with Crippen molar-refractivity contribution >= 4 is 12.0 Å². The van der Waals surface area contributed by atoms with Gasteiger partial charge < -0.3 is 19.9 Å². The van der Waals surface area contributed by atoms with Crippen molar-refractivity contribution in [2.75, 3.05) is 13.2 Å². The van der Waals surface area contributed by atoms with E-state index in [0.29, 0.717) is 24.4 Å². The monoisotopic (exact) mass is 250 g/mol. The van der Waals surface area contributed by atoms with Crippen molar-refractivity contribution in [3.8, 4) is 0 Å². The van der Waals surface area contributed by atoms with E-state index in [1.54, 1.807) is 30.2 Å². The van der Waals surface area contributed by atoms with Gasteiger partial charge in [-0.15, -0.1) is 0 Å². The third-order valence-corrected chi connectivity index (χ3v) is 2.48. The molecule has 0 unspecified atom stereocenters. The maximum absolute atomic E-state index is 11.7. The van der Waals surface area contributed by atoms with Crippen molar-refractivity contribution in [1.29, 1.82) is 0 Å². The van der Waals surface area contributed by atoms with Gasteiger partial charge in [0.25, 0.3) is 0 Å². The van der Waals surface area contributed by atoms with Crippen LogP contribution < -0.4 is 10.6 Å². The Hall–Kier alpha value is -2.31. The second-order valence-electron chi connectivity index (χ2n) is 3.72. The molecule has 96 valence electrons. The summed E-state index contributed by atoms with van der Waals surface area (Å²) in [4.78, 5) is 27.0. The van der Waals surface area contributed by atoms with E-state index in [0.717, 1.165) is 0 Å². The molecule has 1 aromatic heterocycles. The number of rotatable bonds is 4. The average Bonchev–Trinajstić information content (AvgIpc) is 2.82. The van der Waals surface area contributed by atoms with E-state index in [1.165, 1.54) is 0 Å². The van der Waals surface area contributed by atoms with E-state index in [2.05, 4.69) is 15.6 Å². The number of nitrogens with zero attached hydrogens (tertiary/aromatic N) is 2. The van der Waals surface area contributed by atoms with Gasteiger partial charge in [0, 0.05) is 12.4 Å². The lowest BCUT2D eigenvalue weighted by molar-refractivity contribution is -0.138. The molecule has 0 saturated heterocycles. The number of amides is 2. The molecule has 0 saturated carbocycles. The molecule has 0 spiro atoms. The zero-order chi connectivity index (χ0) is 13.0. The molecule has 0 fully saturated rings. The summed E-state index contributed by atoms with van der Waals surface area (Å²) in [7, 11) is 0. The first kappa shape index (κ1) is 12.2. The third kappa shape index (κ3) is 2.68. The van der Waals surface area contributed by atoms with E-state index in [-0.39, 0.29) is 12.6 Å². The van der Waals surface area contributed by atoms with Gasteiger partial charge in [-0.1, -0.05) is 0 Å². The summed E-state index contributed by atoms with van der Waals surface area (Å²) >= 11 is 0. The van der Waals surface area contributed by atoms with Crippen molar-refractivity contribution in [3.05, 3.63) is 30.0 Å². The lowest BCUT2D eigenvalue weighted by Crippen LogP contribution is -2.44. The number of carbonyl (C=O) groups excluding carboxylic acids is 2. The number of hydrogen-bond acceptors (Lipinski definition) is 4. The number of ether oxygens (including phenoxy) is 1. The highest BCUT2D eigenvalue weighted by Gasteiger charge is 2.23. The summed E-state index contributed by atoms with van der Waals surface area (Å²) < 4.78 is 6.72. The Morgan fingerprint density at radius 3 is 3.11 bits per heavy atom. The second kappa shape index (κ2) is 5.35. The minimum absolute atomic E-state index is 0.175. The van der Waals surface area contributed by atoms with Crippen LogP contribution in [0, 0.1) is 0 Å². The van der Waals surface area contributed by atoms with Gasteiger partial charge in [-0.3, -0.25) is 0 Å².